The van der Waals surface area contributed by atoms with Gasteiger partial charge in [-0.25, -0.2) is 0 Å². The van der Waals surface area contributed by atoms with Crippen molar-refractivity contribution in [2.24, 2.45) is 0 Å². The summed E-state index contributed by atoms with van der Waals surface area (Å²) in [6, 6.07) is 8.52. The summed E-state index contributed by atoms with van der Waals surface area (Å²) in [7, 11) is 0. The molecule has 1 spiro atoms. The van der Waals surface area contributed by atoms with Crippen LogP contribution in [0.5, 0.6) is 5.75 Å². The standard InChI is InChI=1S/C18H26O3/c1-2-3-12-19-17-7-5-4-6-16(17)15-8-10-18(11-9-15)20-13-14-21-18/h4-7,15H,2-3,8-14H2,1H3. The first kappa shape index (κ1) is 14.9. The van der Waals surface area contributed by atoms with Crippen LogP contribution in [0.4, 0.5) is 0 Å². The number of unbranched alkanes of at least 4 members (excludes halogenated alkanes) is 1. The topological polar surface area (TPSA) is 27.7 Å². The third-order valence-corrected chi connectivity index (χ3v) is 4.68. The fraction of sp³-hybridized carbons (Fsp3) is 0.667. The highest BCUT2D eigenvalue weighted by molar-refractivity contribution is 5.36. The number of para-hydroxylation sites is 1. The Morgan fingerprint density at radius 2 is 1.86 bits per heavy atom. The Labute approximate surface area is 127 Å². The molecule has 21 heavy (non-hydrogen) atoms. The molecule has 0 amide bonds. The quantitative estimate of drug-likeness (QED) is 0.758. The summed E-state index contributed by atoms with van der Waals surface area (Å²) in [4.78, 5) is 0. The van der Waals surface area contributed by atoms with Crippen LogP contribution in [0.3, 0.4) is 0 Å². The van der Waals surface area contributed by atoms with Gasteiger partial charge in [0.05, 0.1) is 19.8 Å². The van der Waals surface area contributed by atoms with Crippen LogP contribution in [-0.4, -0.2) is 25.6 Å². The van der Waals surface area contributed by atoms with Gasteiger partial charge in [0.1, 0.15) is 5.75 Å². The Morgan fingerprint density at radius 1 is 1.14 bits per heavy atom. The van der Waals surface area contributed by atoms with E-state index in [-0.39, 0.29) is 5.79 Å². The maximum atomic E-state index is 5.99. The van der Waals surface area contributed by atoms with Crippen LogP contribution >= 0.6 is 0 Å². The third kappa shape index (κ3) is 3.41. The van der Waals surface area contributed by atoms with E-state index in [1.165, 1.54) is 12.0 Å². The van der Waals surface area contributed by atoms with Crippen molar-refractivity contribution in [1.29, 1.82) is 0 Å². The number of rotatable bonds is 5. The van der Waals surface area contributed by atoms with E-state index in [0.717, 1.165) is 57.7 Å². The van der Waals surface area contributed by atoms with Crippen molar-refractivity contribution in [3.63, 3.8) is 0 Å². The van der Waals surface area contributed by atoms with Gasteiger partial charge in [-0.05, 0) is 36.8 Å². The fourth-order valence-electron chi connectivity index (χ4n) is 3.43. The van der Waals surface area contributed by atoms with Crippen molar-refractivity contribution in [2.45, 2.75) is 57.2 Å². The zero-order valence-electron chi connectivity index (χ0n) is 13.0. The molecule has 0 N–H and O–H groups in total. The highest BCUT2D eigenvalue weighted by Gasteiger charge is 2.40. The lowest BCUT2D eigenvalue weighted by Crippen LogP contribution is -2.34. The van der Waals surface area contributed by atoms with Crippen molar-refractivity contribution < 1.29 is 14.2 Å². The minimum Gasteiger partial charge on any atom is -0.493 e. The molecule has 3 rings (SSSR count). The molecule has 2 aliphatic rings. The average Bonchev–Trinajstić information content (AvgIpc) is 2.97. The van der Waals surface area contributed by atoms with Crippen molar-refractivity contribution in [3.8, 4) is 5.75 Å². The lowest BCUT2D eigenvalue weighted by Gasteiger charge is -2.35. The van der Waals surface area contributed by atoms with Crippen LogP contribution in [0.2, 0.25) is 0 Å². The van der Waals surface area contributed by atoms with Crippen LogP contribution in [0.1, 0.15) is 56.9 Å². The smallest absolute Gasteiger partial charge is 0.168 e. The minimum absolute atomic E-state index is 0.269. The van der Waals surface area contributed by atoms with E-state index < -0.39 is 0 Å². The Balaban J connectivity index is 1.64. The lowest BCUT2D eigenvalue weighted by molar-refractivity contribution is -0.178. The number of ether oxygens (including phenoxy) is 3. The molecule has 0 radical (unpaired) electrons. The Kier molecular flexibility index (Phi) is 4.81. The Morgan fingerprint density at radius 3 is 2.57 bits per heavy atom. The first-order valence-corrected chi connectivity index (χ1v) is 8.33. The summed E-state index contributed by atoms with van der Waals surface area (Å²) in [5.41, 5.74) is 1.36. The zero-order chi connectivity index (χ0) is 14.5. The van der Waals surface area contributed by atoms with E-state index in [2.05, 4.69) is 31.2 Å². The molecule has 1 saturated carbocycles. The van der Waals surface area contributed by atoms with Gasteiger partial charge in [-0.1, -0.05) is 31.5 Å². The predicted molar refractivity (Wildman–Crippen MR) is 82.7 cm³/mol. The van der Waals surface area contributed by atoms with Crippen molar-refractivity contribution in [2.75, 3.05) is 19.8 Å². The first-order valence-electron chi connectivity index (χ1n) is 8.33. The van der Waals surface area contributed by atoms with Gasteiger partial charge in [0.15, 0.2) is 5.79 Å². The molecule has 0 unspecified atom stereocenters. The van der Waals surface area contributed by atoms with Gasteiger partial charge in [-0.3, -0.25) is 0 Å². The zero-order valence-corrected chi connectivity index (χ0v) is 13.0. The van der Waals surface area contributed by atoms with E-state index in [4.69, 9.17) is 14.2 Å². The first-order chi connectivity index (χ1) is 10.3. The highest BCUT2D eigenvalue weighted by atomic mass is 16.7. The SMILES string of the molecule is CCCCOc1ccccc1C1CCC2(CC1)OCCO2. The van der Waals surface area contributed by atoms with Crippen LogP contribution in [-0.2, 0) is 9.47 Å². The van der Waals surface area contributed by atoms with Crippen molar-refractivity contribution >= 4 is 0 Å². The van der Waals surface area contributed by atoms with Crippen LogP contribution < -0.4 is 4.74 Å². The molecule has 1 aromatic rings. The Bertz CT molecular complexity index is 442. The monoisotopic (exact) mass is 290 g/mol. The normalized spacial score (nSPS) is 21.8. The van der Waals surface area contributed by atoms with Gasteiger partial charge in [-0.2, -0.15) is 0 Å². The minimum atomic E-state index is -0.269. The van der Waals surface area contributed by atoms with E-state index >= 15 is 0 Å². The van der Waals surface area contributed by atoms with E-state index in [0.29, 0.717) is 5.92 Å². The van der Waals surface area contributed by atoms with Crippen molar-refractivity contribution in [3.05, 3.63) is 29.8 Å². The fourth-order valence-corrected chi connectivity index (χ4v) is 3.43. The number of benzene rings is 1. The van der Waals surface area contributed by atoms with Gasteiger partial charge in [0.25, 0.3) is 0 Å². The van der Waals surface area contributed by atoms with Gasteiger partial charge in [0.2, 0.25) is 0 Å². The maximum absolute atomic E-state index is 5.99. The molecule has 3 nitrogen and oxygen atoms in total. The van der Waals surface area contributed by atoms with Crippen LogP contribution in [0.15, 0.2) is 24.3 Å². The van der Waals surface area contributed by atoms with E-state index in [9.17, 15) is 0 Å². The van der Waals surface area contributed by atoms with E-state index in [1.807, 2.05) is 0 Å². The second-order valence-electron chi connectivity index (χ2n) is 6.12. The van der Waals surface area contributed by atoms with Crippen molar-refractivity contribution in [1.82, 2.24) is 0 Å². The molecule has 0 aromatic heterocycles. The average molecular weight is 290 g/mol. The third-order valence-electron chi connectivity index (χ3n) is 4.68. The molecule has 1 saturated heterocycles. The summed E-state index contributed by atoms with van der Waals surface area (Å²) in [6.07, 6.45) is 6.52. The number of hydrogen-bond donors (Lipinski definition) is 0. The number of hydrogen-bond acceptors (Lipinski definition) is 3. The summed E-state index contributed by atoms with van der Waals surface area (Å²) >= 11 is 0. The van der Waals surface area contributed by atoms with Crippen LogP contribution in [0.25, 0.3) is 0 Å². The molecule has 1 heterocycles. The molecule has 1 aromatic carbocycles. The Hall–Kier alpha value is -1.06. The predicted octanol–water partition coefficient (Wildman–Crippen LogP) is 4.27. The molecule has 2 fully saturated rings. The maximum Gasteiger partial charge on any atom is 0.168 e. The molecule has 116 valence electrons. The van der Waals surface area contributed by atoms with Gasteiger partial charge in [0, 0.05) is 12.8 Å². The van der Waals surface area contributed by atoms with E-state index in [1.54, 1.807) is 0 Å². The summed E-state index contributed by atoms with van der Waals surface area (Å²) in [6.45, 7) is 4.51. The highest BCUT2D eigenvalue weighted by Crippen LogP contribution is 2.44. The lowest BCUT2D eigenvalue weighted by atomic mass is 9.80. The molecular formula is C18H26O3. The molecule has 1 aliphatic heterocycles. The van der Waals surface area contributed by atoms with Crippen LogP contribution in [0, 0.1) is 0 Å². The summed E-state index contributed by atoms with van der Waals surface area (Å²) in [5, 5.41) is 0. The molecule has 0 bridgehead atoms. The second kappa shape index (κ2) is 6.80. The second-order valence-corrected chi connectivity index (χ2v) is 6.12. The van der Waals surface area contributed by atoms with Gasteiger partial charge < -0.3 is 14.2 Å². The van der Waals surface area contributed by atoms with Gasteiger partial charge in [-0.15, -0.1) is 0 Å². The molecule has 3 heteroatoms. The summed E-state index contributed by atoms with van der Waals surface area (Å²) < 4.78 is 17.6. The molecular weight excluding hydrogens is 264 g/mol. The van der Waals surface area contributed by atoms with Gasteiger partial charge >= 0.3 is 0 Å². The largest absolute Gasteiger partial charge is 0.493 e. The summed E-state index contributed by atoms with van der Waals surface area (Å²) in [5.74, 6) is 1.37. The molecule has 1 aliphatic carbocycles. The molecule has 0 atom stereocenters.